The molecule has 5 nitrogen and oxygen atoms in total. The standard InChI is InChI=1S/C17H27NO4S/c1-6-18(15(5)12-23(20,21)7-2)16(19)11-22-17-13(3)9-8-10-14(17)4/h8-10,15H,6-7,11-12H2,1-5H3. The van der Waals surface area contributed by atoms with Gasteiger partial charge in [-0.1, -0.05) is 25.1 Å². The van der Waals surface area contributed by atoms with Gasteiger partial charge < -0.3 is 9.64 Å². The van der Waals surface area contributed by atoms with Crippen molar-refractivity contribution in [1.82, 2.24) is 4.90 Å². The lowest BCUT2D eigenvalue weighted by atomic mass is 10.1. The zero-order valence-electron chi connectivity index (χ0n) is 14.6. The smallest absolute Gasteiger partial charge is 0.260 e. The molecule has 1 rings (SSSR count). The number of nitrogens with zero attached hydrogens (tertiary/aromatic N) is 1. The van der Waals surface area contributed by atoms with Gasteiger partial charge in [0.15, 0.2) is 16.4 Å². The number of para-hydroxylation sites is 1. The van der Waals surface area contributed by atoms with E-state index in [1.54, 1.807) is 18.7 Å². The van der Waals surface area contributed by atoms with E-state index in [-0.39, 0.29) is 30.1 Å². The van der Waals surface area contributed by atoms with Crippen molar-refractivity contribution in [3.05, 3.63) is 29.3 Å². The van der Waals surface area contributed by atoms with Crippen LogP contribution in [0.25, 0.3) is 0 Å². The molecule has 0 saturated carbocycles. The molecule has 1 unspecified atom stereocenters. The maximum Gasteiger partial charge on any atom is 0.260 e. The van der Waals surface area contributed by atoms with Crippen molar-refractivity contribution in [3.8, 4) is 5.75 Å². The van der Waals surface area contributed by atoms with Gasteiger partial charge in [-0.15, -0.1) is 0 Å². The number of hydrogen-bond donors (Lipinski definition) is 0. The van der Waals surface area contributed by atoms with Crippen LogP contribution in [0.5, 0.6) is 5.75 Å². The summed E-state index contributed by atoms with van der Waals surface area (Å²) in [5.74, 6) is 0.578. The molecule has 23 heavy (non-hydrogen) atoms. The van der Waals surface area contributed by atoms with Crippen molar-refractivity contribution in [2.75, 3.05) is 24.7 Å². The Bertz CT molecular complexity index is 620. The third-order valence-corrected chi connectivity index (χ3v) is 5.75. The van der Waals surface area contributed by atoms with Crippen molar-refractivity contribution in [2.45, 2.75) is 40.7 Å². The number of benzene rings is 1. The Morgan fingerprint density at radius 2 is 1.78 bits per heavy atom. The predicted molar refractivity (Wildman–Crippen MR) is 92.6 cm³/mol. The molecule has 0 aliphatic rings. The number of likely N-dealkylation sites (N-methyl/N-ethyl adjacent to an activating group) is 1. The zero-order valence-corrected chi connectivity index (χ0v) is 15.4. The molecule has 0 heterocycles. The first-order valence-corrected chi connectivity index (χ1v) is 9.72. The number of ether oxygens (including phenoxy) is 1. The molecule has 0 aliphatic heterocycles. The molecule has 0 radical (unpaired) electrons. The van der Waals surface area contributed by atoms with Gasteiger partial charge in [-0.2, -0.15) is 0 Å². The van der Waals surface area contributed by atoms with Crippen molar-refractivity contribution in [3.63, 3.8) is 0 Å². The first kappa shape index (κ1) is 19.5. The van der Waals surface area contributed by atoms with Crippen LogP contribution in [0.3, 0.4) is 0 Å². The average molecular weight is 341 g/mol. The van der Waals surface area contributed by atoms with Crippen molar-refractivity contribution in [2.24, 2.45) is 0 Å². The highest BCUT2D eigenvalue weighted by atomic mass is 32.2. The lowest BCUT2D eigenvalue weighted by Crippen LogP contribution is -2.44. The molecule has 0 fully saturated rings. The maximum atomic E-state index is 12.4. The number of rotatable bonds is 8. The molecule has 0 aliphatic carbocycles. The van der Waals surface area contributed by atoms with E-state index in [2.05, 4.69) is 0 Å². The maximum absolute atomic E-state index is 12.4. The number of carbonyl (C=O) groups is 1. The highest BCUT2D eigenvalue weighted by Gasteiger charge is 2.23. The lowest BCUT2D eigenvalue weighted by Gasteiger charge is -2.28. The summed E-state index contributed by atoms with van der Waals surface area (Å²) in [6, 6.07) is 5.44. The quantitative estimate of drug-likeness (QED) is 0.728. The Hall–Kier alpha value is -1.56. The summed E-state index contributed by atoms with van der Waals surface area (Å²) < 4.78 is 29.2. The molecular formula is C17H27NO4S. The summed E-state index contributed by atoms with van der Waals surface area (Å²) in [6.07, 6.45) is 0. The van der Waals surface area contributed by atoms with Gasteiger partial charge in [0, 0.05) is 18.3 Å². The predicted octanol–water partition coefficient (Wildman–Crippen LogP) is 2.35. The van der Waals surface area contributed by atoms with E-state index in [4.69, 9.17) is 4.74 Å². The van der Waals surface area contributed by atoms with E-state index in [0.717, 1.165) is 11.1 Å². The van der Waals surface area contributed by atoms with Crippen molar-refractivity contribution >= 4 is 15.7 Å². The number of carbonyl (C=O) groups excluding carboxylic acids is 1. The van der Waals surface area contributed by atoms with Crippen LogP contribution < -0.4 is 4.74 Å². The van der Waals surface area contributed by atoms with E-state index >= 15 is 0 Å². The van der Waals surface area contributed by atoms with Gasteiger partial charge in [0.2, 0.25) is 0 Å². The molecule has 1 atom stereocenters. The van der Waals surface area contributed by atoms with Crippen LogP contribution in [0.1, 0.15) is 31.9 Å². The van der Waals surface area contributed by atoms with Gasteiger partial charge in [-0.25, -0.2) is 8.42 Å². The molecule has 0 bridgehead atoms. The Labute approximate surface area is 139 Å². The van der Waals surface area contributed by atoms with Crippen molar-refractivity contribution in [1.29, 1.82) is 0 Å². The minimum absolute atomic E-state index is 0.0214. The molecule has 1 aromatic rings. The summed E-state index contributed by atoms with van der Waals surface area (Å²) in [7, 11) is -3.12. The number of sulfone groups is 1. The van der Waals surface area contributed by atoms with Gasteiger partial charge >= 0.3 is 0 Å². The van der Waals surface area contributed by atoms with Gasteiger partial charge in [0.1, 0.15) is 5.75 Å². The minimum atomic E-state index is -3.12. The molecule has 0 spiro atoms. The summed E-state index contributed by atoms with van der Waals surface area (Å²) >= 11 is 0. The third kappa shape index (κ3) is 5.53. The Morgan fingerprint density at radius 3 is 2.26 bits per heavy atom. The fraction of sp³-hybridized carbons (Fsp3) is 0.588. The van der Waals surface area contributed by atoms with E-state index in [9.17, 15) is 13.2 Å². The molecular weight excluding hydrogens is 314 g/mol. The second-order valence-electron chi connectivity index (χ2n) is 5.74. The molecule has 130 valence electrons. The zero-order chi connectivity index (χ0) is 17.6. The Balaban J connectivity index is 2.74. The molecule has 1 aromatic carbocycles. The molecule has 0 aromatic heterocycles. The van der Waals surface area contributed by atoms with E-state index in [1.165, 1.54) is 0 Å². The molecule has 1 amide bonds. The highest BCUT2D eigenvalue weighted by molar-refractivity contribution is 7.91. The van der Waals surface area contributed by atoms with Gasteiger partial charge in [0.05, 0.1) is 5.75 Å². The normalized spacial score (nSPS) is 12.7. The number of hydrogen-bond acceptors (Lipinski definition) is 4. The Kier molecular flexibility index (Phi) is 7.06. The van der Waals surface area contributed by atoms with Crippen LogP contribution in [0.2, 0.25) is 0 Å². The summed E-state index contributed by atoms with van der Waals surface area (Å²) in [4.78, 5) is 13.9. The average Bonchev–Trinajstić information content (AvgIpc) is 2.47. The van der Waals surface area contributed by atoms with Gasteiger partial charge in [-0.05, 0) is 38.8 Å². The van der Waals surface area contributed by atoms with Crippen LogP contribution in [-0.2, 0) is 14.6 Å². The SMILES string of the molecule is CCN(C(=O)COc1c(C)cccc1C)C(C)CS(=O)(=O)CC. The van der Waals surface area contributed by atoms with Crippen LogP contribution in [0, 0.1) is 13.8 Å². The summed E-state index contributed by atoms with van der Waals surface area (Å²) in [5, 5.41) is 0. The Morgan fingerprint density at radius 1 is 1.22 bits per heavy atom. The second kappa shape index (κ2) is 8.34. The van der Waals surface area contributed by atoms with Crippen LogP contribution in [0.4, 0.5) is 0 Å². The van der Waals surface area contributed by atoms with Crippen molar-refractivity contribution < 1.29 is 17.9 Å². The van der Waals surface area contributed by atoms with E-state index in [1.807, 2.05) is 39.0 Å². The highest BCUT2D eigenvalue weighted by Crippen LogP contribution is 2.22. The molecule has 0 saturated heterocycles. The first-order valence-electron chi connectivity index (χ1n) is 7.90. The fourth-order valence-electron chi connectivity index (χ4n) is 2.55. The lowest BCUT2D eigenvalue weighted by molar-refractivity contribution is -0.134. The number of aryl methyl sites for hydroxylation is 2. The summed E-state index contributed by atoms with van der Waals surface area (Å²) in [6.45, 7) is 9.44. The first-order chi connectivity index (χ1) is 10.7. The molecule has 0 N–H and O–H groups in total. The molecule has 6 heteroatoms. The van der Waals surface area contributed by atoms with E-state index in [0.29, 0.717) is 12.3 Å². The largest absolute Gasteiger partial charge is 0.483 e. The topological polar surface area (TPSA) is 63.7 Å². The summed E-state index contributed by atoms with van der Waals surface area (Å²) in [5.41, 5.74) is 1.95. The fourth-order valence-corrected chi connectivity index (χ4v) is 3.70. The van der Waals surface area contributed by atoms with Crippen LogP contribution in [0.15, 0.2) is 18.2 Å². The van der Waals surface area contributed by atoms with E-state index < -0.39 is 9.84 Å². The van der Waals surface area contributed by atoms with Crippen LogP contribution >= 0.6 is 0 Å². The number of amides is 1. The van der Waals surface area contributed by atoms with Gasteiger partial charge in [-0.3, -0.25) is 4.79 Å². The van der Waals surface area contributed by atoms with Crippen LogP contribution in [-0.4, -0.2) is 49.9 Å². The second-order valence-corrected chi connectivity index (χ2v) is 8.14. The third-order valence-electron chi connectivity index (χ3n) is 3.88. The minimum Gasteiger partial charge on any atom is -0.483 e. The monoisotopic (exact) mass is 341 g/mol. The van der Waals surface area contributed by atoms with Gasteiger partial charge in [0.25, 0.3) is 5.91 Å².